The molecule has 0 amide bonds. The van der Waals surface area contributed by atoms with Crippen LogP contribution in [0.2, 0.25) is 0 Å². The van der Waals surface area contributed by atoms with E-state index in [1.54, 1.807) is 4.68 Å². The molecule has 0 fully saturated rings. The summed E-state index contributed by atoms with van der Waals surface area (Å²) in [4.78, 5) is 12.8. The highest BCUT2D eigenvalue weighted by molar-refractivity contribution is 5.67. The lowest BCUT2D eigenvalue weighted by Crippen LogP contribution is -2.25. The minimum atomic E-state index is -0.804. The molecule has 2 aromatic rings. The second-order valence-electron chi connectivity index (χ2n) is 4.78. The van der Waals surface area contributed by atoms with Gasteiger partial charge in [0.15, 0.2) is 0 Å². The van der Waals surface area contributed by atoms with Gasteiger partial charge in [-0.1, -0.05) is 22.9 Å². The van der Waals surface area contributed by atoms with Crippen LogP contribution in [0.25, 0.3) is 0 Å². The molecule has 1 N–H and O–H groups in total. The molecule has 2 rings (SSSR count). The summed E-state index contributed by atoms with van der Waals surface area (Å²) in [6.07, 6.45) is 1.93. The number of aromatic nitrogens is 3. The molecule has 0 spiro atoms. The zero-order valence-corrected chi connectivity index (χ0v) is 11.7. The Morgan fingerprint density at radius 2 is 2.05 bits per heavy atom. The van der Waals surface area contributed by atoms with Crippen LogP contribution in [-0.2, 0) is 18.4 Å². The van der Waals surface area contributed by atoms with Gasteiger partial charge in [0, 0.05) is 25.5 Å². The van der Waals surface area contributed by atoms with E-state index in [-0.39, 0.29) is 6.42 Å². The molecule has 0 aliphatic rings. The first kappa shape index (κ1) is 14.0. The van der Waals surface area contributed by atoms with Crippen molar-refractivity contribution in [3.8, 4) is 0 Å². The quantitative estimate of drug-likeness (QED) is 0.866. The van der Waals surface area contributed by atoms with Gasteiger partial charge >= 0.3 is 5.97 Å². The van der Waals surface area contributed by atoms with Crippen molar-refractivity contribution in [3.05, 3.63) is 41.7 Å². The van der Waals surface area contributed by atoms with Gasteiger partial charge in [-0.2, -0.15) is 0 Å². The maximum atomic E-state index is 10.8. The van der Waals surface area contributed by atoms with Gasteiger partial charge in [-0.25, -0.2) is 0 Å². The third-order valence-electron chi connectivity index (χ3n) is 3.00. The van der Waals surface area contributed by atoms with Gasteiger partial charge in [0.1, 0.15) is 5.69 Å². The first-order valence-corrected chi connectivity index (χ1v) is 6.43. The molecule has 1 heterocycles. The zero-order chi connectivity index (χ0) is 14.5. The molecule has 0 bridgehead atoms. The van der Waals surface area contributed by atoms with Crippen LogP contribution in [0, 0.1) is 6.92 Å². The maximum absolute atomic E-state index is 10.8. The molecule has 0 aliphatic heterocycles. The van der Waals surface area contributed by atoms with Crippen molar-refractivity contribution in [2.75, 3.05) is 11.4 Å². The molecule has 1 aromatic heterocycles. The normalized spacial score (nSPS) is 10.5. The lowest BCUT2D eigenvalue weighted by Gasteiger charge is -2.23. The number of aryl methyl sites for hydroxylation is 2. The first-order valence-electron chi connectivity index (χ1n) is 6.43. The Morgan fingerprint density at radius 1 is 1.35 bits per heavy atom. The van der Waals surface area contributed by atoms with Crippen molar-refractivity contribution in [3.63, 3.8) is 0 Å². The summed E-state index contributed by atoms with van der Waals surface area (Å²) in [6, 6.07) is 8.01. The van der Waals surface area contributed by atoms with Crippen molar-refractivity contribution in [1.82, 2.24) is 15.0 Å². The van der Waals surface area contributed by atoms with E-state index in [4.69, 9.17) is 5.11 Å². The Labute approximate surface area is 117 Å². The first-order chi connectivity index (χ1) is 9.54. The second kappa shape index (κ2) is 6.18. The van der Waals surface area contributed by atoms with Crippen LogP contribution in [-0.4, -0.2) is 32.6 Å². The van der Waals surface area contributed by atoms with E-state index in [0.717, 1.165) is 11.4 Å². The highest BCUT2D eigenvalue weighted by Crippen LogP contribution is 2.17. The van der Waals surface area contributed by atoms with E-state index in [2.05, 4.69) is 10.3 Å². The number of carboxylic acid groups (broad SMARTS) is 1. The maximum Gasteiger partial charge on any atom is 0.305 e. The number of hydrogen-bond donors (Lipinski definition) is 1. The highest BCUT2D eigenvalue weighted by Gasteiger charge is 2.11. The molecule has 0 aliphatic carbocycles. The van der Waals surface area contributed by atoms with Crippen LogP contribution >= 0.6 is 0 Å². The van der Waals surface area contributed by atoms with Crippen molar-refractivity contribution in [2.45, 2.75) is 19.9 Å². The highest BCUT2D eigenvalue weighted by atomic mass is 16.4. The summed E-state index contributed by atoms with van der Waals surface area (Å²) in [5, 5.41) is 16.8. The lowest BCUT2D eigenvalue weighted by atomic mass is 10.2. The van der Waals surface area contributed by atoms with Crippen molar-refractivity contribution in [2.24, 2.45) is 7.05 Å². The molecule has 20 heavy (non-hydrogen) atoms. The second-order valence-corrected chi connectivity index (χ2v) is 4.78. The number of aliphatic carboxylic acids is 1. The molecular formula is C14H18N4O2. The summed E-state index contributed by atoms with van der Waals surface area (Å²) in [6.45, 7) is 3.01. The molecule has 0 saturated carbocycles. The van der Waals surface area contributed by atoms with Crippen LogP contribution in [0.3, 0.4) is 0 Å². The molecule has 0 unspecified atom stereocenters. The SMILES string of the molecule is Cc1ccc(N(CCC(=O)O)Cc2cn(C)nn2)cc1. The Bertz CT molecular complexity index is 577. The molecular weight excluding hydrogens is 256 g/mol. The van der Waals surface area contributed by atoms with E-state index in [9.17, 15) is 4.79 Å². The van der Waals surface area contributed by atoms with E-state index >= 15 is 0 Å². The van der Waals surface area contributed by atoms with Gasteiger partial charge in [-0.05, 0) is 19.1 Å². The Balaban J connectivity index is 2.15. The van der Waals surface area contributed by atoms with Gasteiger partial charge in [-0.15, -0.1) is 5.10 Å². The molecule has 6 nitrogen and oxygen atoms in total. The molecule has 6 heteroatoms. The third kappa shape index (κ3) is 3.81. The fourth-order valence-electron chi connectivity index (χ4n) is 1.95. The summed E-state index contributed by atoms with van der Waals surface area (Å²) in [5.41, 5.74) is 2.98. The molecule has 0 radical (unpaired) electrons. The average molecular weight is 274 g/mol. The van der Waals surface area contributed by atoms with E-state index in [1.807, 2.05) is 49.3 Å². The van der Waals surface area contributed by atoms with Crippen molar-refractivity contribution >= 4 is 11.7 Å². The van der Waals surface area contributed by atoms with E-state index < -0.39 is 5.97 Å². The Morgan fingerprint density at radius 3 is 2.60 bits per heavy atom. The number of anilines is 1. The topological polar surface area (TPSA) is 71.2 Å². The molecule has 0 saturated heterocycles. The standard InChI is InChI=1S/C14H18N4O2/c1-11-3-5-13(6-4-11)18(8-7-14(19)20)10-12-9-17(2)16-15-12/h3-6,9H,7-8,10H2,1-2H3,(H,19,20). The fraction of sp³-hybridized carbons (Fsp3) is 0.357. The van der Waals surface area contributed by atoms with Crippen molar-refractivity contribution < 1.29 is 9.90 Å². The van der Waals surface area contributed by atoms with Crippen molar-refractivity contribution in [1.29, 1.82) is 0 Å². The predicted molar refractivity (Wildman–Crippen MR) is 75.5 cm³/mol. The lowest BCUT2D eigenvalue weighted by molar-refractivity contribution is -0.136. The van der Waals surface area contributed by atoms with Gasteiger partial charge in [0.2, 0.25) is 0 Å². The smallest absolute Gasteiger partial charge is 0.305 e. The van der Waals surface area contributed by atoms with Gasteiger partial charge in [-0.3, -0.25) is 9.48 Å². The van der Waals surface area contributed by atoms with Gasteiger partial charge in [0.05, 0.1) is 13.0 Å². The monoisotopic (exact) mass is 274 g/mol. The third-order valence-corrected chi connectivity index (χ3v) is 3.00. The summed E-state index contributed by atoms with van der Waals surface area (Å²) >= 11 is 0. The van der Waals surface area contributed by atoms with Crippen LogP contribution in [0.4, 0.5) is 5.69 Å². The van der Waals surface area contributed by atoms with Gasteiger partial charge < -0.3 is 10.0 Å². The van der Waals surface area contributed by atoms with Crippen LogP contribution in [0.1, 0.15) is 17.7 Å². The number of nitrogens with zero attached hydrogens (tertiary/aromatic N) is 4. The minimum absolute atomic E-state index is 0.0914. The molecule has 0 atom stereocenters. The Hall–Kier alpha value is -2.37. The summed E-state index contributed by atoms with van der Waals surface area (Å²) < 4.78 is 1.64. The number of hydrogen-bond acceptors (Lipinski definition) is 4. The summed E-state index contributed by atoms with van der Waals surface area (Å²) in [7, 11) is 1.81. The largest absolute Gasteiger partial charge is 0.481 e. The molecule has 1 aromatic carbocycles. The van der Waals surface area contributed by atoms with Crippen LogP contribution in [0.15, 0.2) is 30.5 Å². The van der Waals surface area contributed by atoms with Crippen LogP contribution < -0.4 is 4.90 Å². The van der Waals surface area contributed by atoms with E-state index in [0.29, 0.717) is 13.1 Å². The fourth-order valence-corrected chi connectivity index (χ4v) is 1.95. The number of rotatable bonds is 6. The Kier molecular flexibility index (Phi) is 4.34. The minimum Gasteiger partial charge on any atom is -0.481 e. The predicted octanol–water partition coefficient (Wildman–Crippen LogP) is 1.60. The average Bonchev–Trinajstić information content (AvgIpc) is 2.81. The van der Waals surface area contributed by atoms with Gasteiger partial charge in [0.25, 0.3) is 0 Å². The molecule has 106 valence electrons. The van der Waals surface area contributed by atoms with E-state index in [1.165, 1.54) is 5.56 Å². The van der Waals surface area contributed by atoms with Crippen LogP contribution in [0.5, 0.6) is 0 Å². The summed E-state index contributed by atoms with van der Waals surface area (Å²) in [5.74, 6) is -0.804. The number of benzene rings is 1. The zero-order valence-electron chi connectivity index (χ0n) is 11.7. The number of carbonyl (C=O) groups is 1. The number of carboxylic acids is 1.